The van der Waals surface area contributed by atoms with Gasteiger partial charge >= 0.3 is 0 Å². The Balaban J connectivity index is 2.78. The third-order valence-corrected chi connectivity index (χ3v) is 1.86. The maximum Gasteiger partial charge on any atom is 0.255 e. The van der Waals surface area contributed by atoms with E-state index in [-0.39, 0.29) is 6.54 Å². The maximum absolute atomic E-state index is 12.3. The van der Waals surface area contributed by atoms with Crippen LogP contribution in [0.25, 0.3) is 0 Å². The Bertz CT molecular complexity index is 306. The van der Waals surface area contributed by atoms with Crippen LogP contribution in [-0.2, 0) is 0 Å². The molecule has 0 amide bonds. The van der Waals surface area contributed by atoms with E-state index in [1.807, 2.05) is 6.92 Å². The molecule has 0 spiro atoms. The Labute approximate surface area is 87.1 Å². The summed E-state index contributed by atoms with van der Waals surface area (Å²) in [6.45, 7) is 2.13. The molecule has 0 fully saturated rings. The van der Waals surface area contributed by atoms with Crippen LogP contribution in [0.4, 0.5) is 14.6 Å². The highest BCUT2D eigenvalue weighted by atomic mass is 19.3. The second kappa shape index (κ2) is 5.55. The average molecular weight is 216 g/mol. The number of alkyl halides is 2. The molecule has 4 nitrogen and oxygen atoms in total. The van der Waals surface area contributed by atoms with Crippen LogP contribution in [0.15, 0.2) is 12.3 Å². The minimum atomic E-state index is -2.40. The molecule has 1 aromatic heterocycles. The summed E-state index contributed by atoms with van der Waals surface area (Å²) in [5, 5.41) is 7.52. The first-order valence-corrected chi connectivity index (χ1v) is 4.66. The zero-order chi connectivity index (χ0) is 11.3. The standard InChI is InChI=1S/C9H14F2N4/c1-7-4-9(14-13-5-7)15(3-2-12)6-8(10)11/h4-5,8H,2-3,6,12H2,1H3. The van der Waals surface area contributed by atoms with Gasteiger partial charge in [-0.1, -0.05) is 0 Å². The second-order valence-electron chi connectivity index (χ2n) is 3.22. The third kappa shape index (κ3) is 3.75. The summed E-state index contributed by atoms with van der Waals surface area (Å²) in [4.78, 5) is 1.44. The number of nitrogens with two attached hydrogens (primary N) is 1. The van der Waals surface area contributed by atoms with Gasteiger partial charge in [0.2, 0.25) is 0 Å². The van der Waals surface area contributed by atoms with Crippen LogP contribution >= 0.6 is 0 Å². The van der Waals surface area contributed by atoms with Gasteiger partial charge in [-0.3, -0.25) is 0 Å². The summed E-state index contributed by atoms with van der Waals surface area (Å²) < 4.78 is 24.5. The Morgan fingerprint density at radius 2 is 2.27 bits per heavy atom. The van der Waals surface area contributed by atoms with E-state index in [0.29, 0.717) is 18.9 Å². The van der Waals surface area contributed by atoms with Crippen molar-refractivity contribution in [2.45, 2.75) is 13.3 Å². The molecule has 0 aromatic carbocycles. The molecular formula is C9H14F2N4. The van der Waals surface area contributed by atoms with E-state index in [0.717, 1.165) is 5.56 Å². The molecule has 0 unspecified atom stereocenters. The molecular weight excluding hydrogens is 202 g/mol. The zero-order valence-corrected chi connectivity index (χ0v) is 8.53. The number of aromatic nitrogens is 2. The highest BCUT2D eigenvalue weighted by molar-refractivity contribution is 5.39. The van der Waals surface area contributed by atoms with Gasteiger partial charge in [-0.2, -0.15) is 5.10 Å². The molecule has 0 saturated carbocycles. The van der Waals surface area contributed by atoms with Crippen molar-refractivity contribution in [1.82, 2.24) is 10.2 Å². The van der Waals surface area contributed by atoms with Crippen LogP contribution in [0.3, 0.4) is 0 Å². The molecule has 0 aliphatic rings. The van der Waals surface area contributed by atoms with Gasteiger partial charge in [-0.25, -0.2) is 8.78 Å². The van der Waals surface area contributed by atoms with Gasteiger partial charge in [-0.15, -0.1) is 5.10 Å². The van der Waals surface area contributed by atoms with Crippen molar-refractivity contribution in [1.29, 1.82) is 0 Å². The first-order chi connectivity index (χ1) is 7.13. The predicted molar refractivity (Wildman–Crippen MR) is 54.0 cm³/mol. The molecule has 84 valence electrons. The molecule has 0 bridgehead atoms. The van der Waals surface area contributed by atoms with Crippen molar-refractivity contribution in [3.63, 3.8) is 0 Å². The van der Waals surface area contributed by atoms with Crippen LogP contribution < -0.4 is 10.6 Å². The Morgan fingerprint density at radius 1 is 1.53 bits per heavy atom. The molecule has 0 saturated heterocycles. The molecule has 6 heteroatoms. The van der Waals surface area contributed by atoms with Crippen molar-refractivity contribution in [3.8, 4) is 0 Å². The minimum Gasteiger partial charge on any atom is -0.348 e. The van der Waals surface area contributed by atoms with E-state index >= 15 is 0 Å². The Hall–Kier alpha value is -1.30. The molecule has 1 heterocycles. The number of hydrogen-bond donors (Lipinski definition) is 1. The molecule has 0 aliphatic carbocycles. The molecule has 2 N–H and O–H groups in total. The molecule has 0 atom stereocenters. The fraction of sp³-hybridized carbons (Fsp3) is 0.556. The Morgan fingerprint density at radius 3 is 2.80 bits per heavy atom. The summed E-state index contributed by atoms with van der Waals surface area (Å²) >= 11 is 0. The normalized spacial score (nSPS) is 10.7. The number of hydrogen-bond acceptors (Lipinski definition) is 4. The van der Waals surface area contributed by atoms with E-state index in [4.69, 9.17) is 5.73 Å². The van der Waals surface area contributed by atoms with Gasteiger partial charge in [0.15, 0.2) is 5.82 Å². The number of aryl methyl sites for hydroxylation is 1. The van der Waals surface area contributed by atoms with Gasteiger partial charge in [0.05, 0.1) is 12.7 Å². The first-order valence-electron chi connectivity index (χ1n) is 4.66. The maximum atomic E-state index is 12.3. The van der Waals surface area contributed by atoms with Gasteiger partial charge in [0, 0.05) is 13.1 Å². The molecule has 1 aromatic rings. The number of anilines is 1. The van der Waals surface area contributed by atoms with Crippen LogP contribution in [0.2, 0.25) is 0 Å². The van der Waals surface area contributed by atoms with Crippen molar-refractivity contribution in [2.75, 3.05) is 24.5 Å². The van der Waals surface area contributed by atoms with E-state index < -0.39 is 6.43 Å². The van der Waals surface area contributed by atoms with E-state index in [2.05, 4.69) is 10.2 Å². The molecule has 1 rings (SSSR count). The minimum absolute atomic E-state index is 0.308. The number of halogens is 2. The number of nitrogens with zero attached hydrogens (tertiary/aromatic N) is 3. The van der Waals surface area contributed by atoms with E-state index in [1.165, 1.54) is 4.90 Å². The van der Waals surface area contributed by atoms with E-state index in [9.17, 15) is 8.78 Å². The molecule has 0 radical (unpaired) electrons. The quantitative estimate of drug-likeness (QED) is 0.791. The van der Waals surface area contributed by atoms with E-state index in [1.54, 1.807) is 12.3 Å². The van der Waals surface area contributed by atoms with Crippen LogP contribution in [0.1, 0.15) is 5.56 Å². The predicted octanol–water partition coefficient (Wildman–Crippen LogP) is 0.815. The fourth-order valence-electron chi connectivity index (χ4n) is 1.23. The largest absolute Gasteiger partial charge is 0.348 e. The Kier molecular flexibility index (Phi) is 4.36. The van der Waals surface area contributed by atoms with Crippen molar-refractivity contribution in [2.24, 2.45) is 5.73 Å². The highest BCUT2D eigenvalue weighted by Gasteiger charge is 2.13. The second-order valence-corrected chi connectivity index (χ2v) is 3.22. The fourth-order valence-corrected chi connectivity index (χ4v) is 1.23. The summed E-state index contributed by atoms with van der Waals surface area (Å²) in [7, 11) is 0. The van der Waals surface area contributed by atoms with Gasteiger partial charge in [0.25, 0.3) is 6.43 Å². The van der Waals surface area contributed by atoms with Gasteiger partial charge in [-0.05, 0) is 18.6 Å². The van der Waals surface area contributed by atoms with Crippen LogP contribution in [-0.4, -0.2) is 36.3 Å². The summed E-state index contributed by atoms with van der Waals surface area (Å²) in [6, 6.07) is 1.71. The molecule has 15 heavy (non-hydrogen) atoms. The van der Waals surface area contributed by atoms with Gasteiger partial charge in [0.1, 0.15) is 0 Å². The lowest BCUT2D eigenvalue weighted by Crippen LogP contribution is -2.34. The lowest BCUT2D eigenvalue weighted by molar-refractivity contribution is 0.154. The lowest BCUT2D eigenvalue weighted by Gasteiger charge is -2.21. The highest BCUT2D eigenvalue weighted by Crippen LogP contribution is 2.11. The van der Waals surface area contributed by atoms with Crippen LogP contribution in [0.5, 0.6) is 0 Å². The molecule has 0 aliphatic heterocycles. The van der Waals surface area contributed by atoms with Gasteiger partial charge < -0.3 is 10.6 Å². The van der Waals surface area contributed by atoms with Crippen LogP contribution in [0, 0.1) is 6.92 Å². The lowest BCUT2D eigenvalue weighted by atomic mass is 10.3. The first kappa shape index (κ1) is 11.8. The smallest absolute Gasteiger partial charge is 0.255 e. The third-order valence-electron chi connectivity index (χ3n) is 1.86. The zero-order valence-electron chi connectivity index (χ0n) is 8.53. The SMILES string of the molecule is Cc1cnnc(N(CCN)CC(F)F)c1. The van der Waals surface area contributed by atoms with Crippen molar-refractivity contribution >= 4 is 5.82 Å². The van der Waals surface area contributed by atoms with Crippen molar-refractivity contribution < 1.29 is 8.78 Å². The average Bonchev–Trinajstić information content (AvgIpc) is 2.16. The summed E-state index contributed by atoms with van der Waals surface area (Å²) in [5.74, 6) is 0.445. The monoisotopic (exact) mass is 216 g/mol. The topological polar surface area (TPSA) is 55.0 Å². The summed E-state index contributed by atoms with van der Waals surface area (Å²) in [5.41, 5.74) is 6.23. The number of rotatable bonds is 5. The van der Waals surface area contributed by atoms with Crippen molar-refractivity contribution in [3.05, 3.63) is 17.8 Å². The summed E-state index contributed by atoms with van der Waals surface area (Å²) in [6.07, 6.45) is -0.828.